The van der Waals surface area contributed by atoms with Gasteiger partial charge in [-0.1, -0.05) is 26.0 Å². The van der Waals surface area contributed by atoms with Gasteiger partial charge in [0.2, 0.25) is 0 Å². The fourth-order valence-corrected chi connectivity index (χ4v) is 4.70. The fourth-order valence-electron chi connectivity index (χ4n) is 2.48. The van der Waals surface area contributed by atoms with Gasteiger partial charge >= 0.3 is 0 Å². The van der Waals surface area contributed by atoms with Gasteiger partial charge in [-0.3, -0.25) is 4.57 Å². The topological polar surface area (TPSA) is 59.0 Å². The van der Waals surface area contributed by atoms with Crippen molar-refractivity contribution in [3.8, 4) is 5.75 Å². The Balaban J connectivity index is 2.40. The Morgan fingerprint density at radius 3 is 2.08 bits per heavy atom. The highest BCUT2D eigenvalue weighted by molar-refractivity contribution is 7.67. The summed E-state index contributed by atoms with van der Waals surface area (Å²) in [6.07, 6.45) is 0. The molecule has 0 aliphatic carbocycles. The highest BCUT2D eigenvalue weighted by Crippen LogP contribution is 2.58. The summed E-state index contributed by atoms with van der Waals surface area (Å²) in [5.41, 5.74) is 1.53. The van der Waals surface area contributed by atoms with Gasteiger partial charge in [0.05, 0.1) is 13.7 Å². The molecule has 5 nitrogen and oxygen atoms in total. The minimum absolute atomic E-state index is 0.201. The number of rotatable bonds is 8. The maximum atomic E-state index is 13.7. The summed E-state index contributed by atoms with van der Waals surface area (Å²) >= 11 is 0. The lowest BCUT2D eigenvalue weighted by molar-refractivity contribution is 0.202. The van der Waals surface area contributed by atoms with E-state index in [1.807, 2.05) is 45.0 Å². The van der Waals surface area contributed by atoms with E-state index >= 15 is 0 Å². The molecule has 2 atom stereocenters. The quantitative estimate of drug-likeness (QED) is 0.704. The minimum Gasteiger partial charge on any atom is -0.497 e. The van der Waals surface area contributed by atoms with E-state index in [0.29, 0.717) is 23.2 Å². The molecule has 0 bridgehead atoms. The fraction of sp³-hybridized carbons (Fsp3) is 0.400. The van der Waals surface area contributed by atoms with E-state index in [2.05, 4.69) is 0 Å². The van der Waals surface area contributed by atoms with Crippen LogP contribution in [0.5, 0.6) is 5.75 Å². The molecule has 2 aromatic rings. The highest BCUT2D eigenvalue weighted by atomic mass is 31.2. The van der Waals surface area contributed by atoms with Gasteiger partial charge < -0.3 is 19.3 Å². The molecule has 2 rings (SSSR count). The van der Waals surface area contributed by atoms with Crippen molar-refractivity contribution >= 4 is 18.4 Å². The van der Waals surface area contributed by atoms with E-state index in [9.17, 15) is 9.67 Å². The Hall–Kier alpha value is -1.81. The molecule has 1 N–H and O–H groups in total. The predicted octanol–water partition coefficient (Wildman–Crippen LogP) is 4.03. The van der Waals surface area contributed by atoms with Crippen LogP contribution in [0.15, 0.2) is 48.5 Å². The largest absolute Gasteiger partial charge is 0.497 e. The molecule has 0 heterocycles. The third-order valence-corrected chi connectivity index (χ3v) is 6.55. The number of methoxy groups -OCH3 is 1. The Bertz CT molecular complexity index is 741. The molecule has 0 saturated heterocycles. The van der Waals surface area contributed by atoms with Crippen LogP contribution in [-0.4, -0.2) is 32.9 Å². The molecule has 0 amide bonds. The minimum atomic E-state index is -3.52. The molecule has 0 aromatic heterocycles. The van der Waals surface area contributed by atoms with Crippen LogP contribution in [0, 0.1) is 5.92 Å². The summed E-state index contributed by atoms with van der Waals surface area (Å²) in [7, 11) is 1.94. The summed E-state index contributed by atoms with van der Waals surface area (Å²) in [6, 6.07) is 14.2. The SMILES string of the molecule is COc1ccc(C(O)P(=O)(OCC(C)C)c2ccc(N(C)C)cc2)cc1. The first-order chi connectivity index (χ1) is 12.3. The number of hydrogen-bond donors (Lipinski definition) is 1. The molecule has 6 heteroatoms. The maximum absolute atomic E-state index is 13.7. The number of hydrogen-bond acceptors (Lipinski definition) is 5. The first-order valence-electron chi connectivity index (χ1n) is 8.62. The second-order valence-corrected chi connectivity index (χ2v) is 9.30. The number of ether oxygens (including phenoxy) is 1. The van der Waals surface area contributed by atoms with E-state index in [1.54, 1.807) is 43.5 Å². The Morgan fingerprint density at radius 1 is 1.04 bits per heavy atom. The number of anilines is 1. The standard InChI is InChI=1S/C20H28NO4P/c1-15(2)14-25-26(23,19-12-8-17(9-13-19)21(3)4)20(22)16-6-10-18(24-5)11-7-16/h6-13,15,20,22H,14H2,1-5H3. The summed E-state index contributed by atoms with van der Waals surface area (Å²) in [5, 5.41) is 11.4. The van der Waals surface area contributed by atoms with E-state index in [1.165, 1.54) is 0 Å². The van der Waals surface area contributed by atoms with Crippen LogP contribution in [0.25, 0.3) is 0 Å². The summed E-state index contributed by atoms with van der Waals surface area (Å²) < 4.78 is 24.7. The molecule has 0 aliphatic rings. The predicted molar refractivity (Wildman–Crippen MR) is 107 cm³/mol. The van der Waals surface area contributed by atoms with Crippen molar-refractivity contribution in [3.05, 3.63) is 54.1 Å². The molecule has 0 fully saturated rings. The average molecular weight is 377 g/mol. The van der Waals surface area contributed by atoms with Crippen LogP contribution in [0.1, 0.15) is 25.3 Å². The molecule has 0 aliphatic heterocycles. The van der Waals surface area contributed by atoms with Gasteiger partial charge in [0.25, 0.3) is 7.37 Å². The van der Waals surface area contributed by atoms with Crippen molar-refractivity contribution in [2.45, 2.75) is 19.7 Å². The molecular formula is C20H28NO4P. The van der Waals surface area contributed by atoms with Crippen LogP contribution in [0.2, 0.25) is 0 Å². The number of aliphatic hydroxyl groups excluding tert-OH is 1. The molecular weight excluding hydrogens is 349 g/mol. The smallest absolute Gasteiger partial charge is 0.264 e. The zero-order chi connectivity index (χ0) is 19.3. The third kappa shape index (κ3) is 4.67. The zero-order valence-corrected chi connectivity index (χ0v) is 16.9. The number of aliphatic hydroxyl groups is 1. The molecule has 0 radical (unpaired) electrons. The maximum Gasteiger partial charge on any atom is 0.264 e. The van der Waals surface area contributed by atoms with Gasteiger partial charge in [0.15, 0.2) is 5.85 Å². The van der Waals surface area contributed by atoms with Gasteiger partial charge in [-0.2, -0.15) is 0 Å². The summed E-state index contributed by atoms with van der Waals surface area (Å²) in [4.78, 5) is 1.96. The molecule has 0 spiro atoms. The van der Waals surface area contributed by atoms with Crippen molar-refractivity contribution in [3.63, 3.8) is 0 Å². The van der Waals surface area contributed by atoms with Crippen molar-refractivity contribution in [2.24, 2.45) is 5.92 Å². The molecule has 0 saturated carbocycles. The third-order valence-electron chi connectivity index (χ3n) is 4.06. The van der Waals surface area contributed by atoms with Crippen LogP contribution >= 0.6 is 7.37 Å². The number of nitrogens with zero attached hydrogens (tertiary/aromatic N) is 1. The van der Waals surface area contributed by atoms with Gasteiger partial charge in [-0.05, 0) is 47.9 Å². The van der Waals surface area contributed by atoms with Gasteiger partial charge in [0, 0.05) is 25.1 Å². The van der Waals surface area contributed by atoms with Crippen LogP contribution in [0.3, 0.4) is 0 Å². The van der Waals surface area contributed by atoms with Crippen LogP contribution in [0.4, 0.5) is 5.69 Å². The molecule has 2 aromatic carbocycles. The monoisotopic (exact) mass is 377 g/mol. The van der Waals surface area contributed by atoms with Gasteiger partial charge in [-0.25, -0.2) is 0 Å². The Morgan fingerprint density at radius 2 is 1.62 bits per heavy atom. The highest BCUT2D eigenvalue weighted by Gasteiger charge is 2.36. The molecule has 26 heavy (non-hydrogen) atoms. The first-order valence-corrected chi connectivity index (χ1v) is 10.3. The van der Waals surface area contributed by atoms with Crippen LogP contribution in [-0.2, 0) is 9.09 Å². The van der Waals surface area contributed by atoms with Crippen molar-refractivity contribution < 1.29 is 18.9 Å². The van der Waals surface area contributed by atoms with E-state index in [-0.39, 0.29) is 5.92 Å². The normalized spacial score (nSPS) is 14.7. The summed E-state index contributed by atoms with van der Waals surface area (Å²) in [6.45, 7) is 4.28. The summed E-state index contributed by atoms with van der Waals surface area (Å²) in [5.74, 6) is -0.362. The second-order valence-electron chi connectivity index (χ2n) is 6.84. The van der Waals surface area contributed by atoms with Crippen LogP contribution < -0.4 is 14.9 Å². The Labute approximate surface area is 156 Å². The molecule has 142 valence electrons. The van der Waals surface area contributed by atoms with Crippen molar-refractivity contribution in [1.29, 1.82) is 0 Å². The van der Waals surface area contributed by atoms with E-state index in [0.717, 1.165) is 5.69 Å². The molecule has 2 unspecified atom stereocenters. The lowest BCUT2D eigenvalue weighted by Crippen LogP contribution is -2.17. The Kier molecular flexibility index (Phi) is 6.87. The average Bonchev–Trinajstić information content (AvgIpc) is 2.65. The van der Waals surface area contributed by atoms with Crippen molar-refractivity contribution in [1.82, 2.24) is 0 Å². The van der Waals surface area contributed by atoms with E-state index < -0.39 is 13.2 Å². The first kappa shape index (κ1) is 20.5. The van der Waals surface area contributed by atoms with Gasteiger partial charge in [0.1, 0.15) is 5.75 Å². The number of benzene rings is 2. The zero-order valence-electron chi connectivity index (χ0n) is 16.0. The lowest BCUT2D eigenvalue weighted by atomic mass is 10.2. The second kappa shape index (κ2) is 8.72. The lowest BCUT2D eigenvalue weighted by Gasteiger charge is -2.26. The van der Waals surface area contributed by atoms with E-state index in [4.69, 9.17) is 9.26 Å². The van der Waals surface area contributed by atoms with Gasteiger partial charge in [-0.15, -0.1) is 0 Å². The van der Waals surface area contributed by atoms with Crippen molar-refractivity contribution in [2.75, 3.05) is 32.7 Å².